The van der Waals surface area contributed by atoms with Crippen molar-refractivity contribution in [1.82, 2.24) is 10.7 Å². The van der Waals surface area contributed by atoms with Crippen LogP contribution in [0.1, 0.15) is 31.4 Å². The summed E-state index contributed by atoms with van der Waals surface area (Å²) in [6, 6.07) is 13.8. The van der Waals surface area contributed by atoms with E-state index in [1.54, 1.807) is 30.3 Å². The first kappa shape index (κ1) is 24.5. The van der Waals surface area contributed by atoms with Crippen LogP contribution < -0.4 is 20.2 Å². The van der Waals surface area contributed by atoms with Gasteiger partial charge in [-0.2, -0.15) is 5.10 Å². The van der Waals surface area contributed by atoms with Gasteiger partial charge in [-0.3, -0.25) is 9.59 Å². The van der Waals surface area contributed by atoms with Gasteiger partial charge in [0.1, 0.15) is 24.1 Å². The van der Waals surface area contributed by atoms with Crippen LogP contribution in [0.3, 0.4) is 0 Å². The molecule has 0 saturated heterocycles. The molecule has 0 fully saturated rings. The zero-order valence-electron chi connectivity index (χ0n) is 18.6. The van der Waals surface area contributed by atoms with E-state index in [9.17, 15) is 9.59 Å². The SMILES string of the molecule is C#CCOc1ccc(/C=N\NC(=O)[C@@H](CC(C)C)NC(=O)COc2ccccc2C)cc1. The van der Waals surface area contributed by atoms with Gasteiger partial charge in [-0.25, -0.2) is 5.43 Å². The molecule has 0 radical (unpaired) electrons. The van der Waals surface area contributed by atoms with E-state index in [0.29, 0.717) is 17.9 Å². The smallest absolute Gasteiger partial charge is 0.262 e. The van der Waals surface area contributed by atoms with Gasteiger partial charge in [0.15, 0.2) is 6.61 Å². The first-order valence-electron chi connectivity index (χ1n) is 10.4. The maximum Gasteiger partial charge on any atom is 0.262 e. The summed E-state index contributed by atoms with van der Waals surface area (Å²) < 4.78 is 10.9. The van der Waals surface area contributed by atoms with E-state index in [4.69, 9.17) is 15.9 Å². The number of benzene rings is 2. The molecule has 168 valence electrons. The van der Waals surface area contributed by atoms with Crippen molar-refractivity contribution in [2.75, 3.05) is 13.2 Å². The highest BCUT2D eigenvalue weighted by molar-refractivity contribution is 5.89. The van der Waals surface area contributed by atoms with E-state index in [1.165, 1.54) is 6.21 Å². The van der Waals surface area contributed by atoms with Gasteiger partial charge in [0, 0.05) is 0 Å². The molecule has 2 aromatic carbocycles. The number of nitrogens with zero attached hydrogens (tertiary/aromatic N) is 1. The van der Waals surface area contributed by atoms with Crippen molar-refractivity contribution in [2.45, 2.75) is 33.2 Å². The van der Waals surface area contributed by atoms with E-state index in [-0.39, 0.29) is 25.0 Å². The van der Waals surface area contributed by atoms with Crippen LogP contribution in [0.15, 0.2) is 53.6 Å². The monoisotopic (exact) mass is 435 g/mol. The number of carbonyl (C=O) groups excluding carboxylic acids is 2. The molecular formula is C25H29N3O4. The number of rotatable bonds is 11. The average molecular weight is 436 g/mol. The lowest BCUT2D eigenvalue weighted by atomic mass is 10.0. The van der Waals surface area contributed by atoms with Crippen LogP contribution in [0.2, 0.25) is 0 Å². The molecule has 2 N–H and O–H groups in total. The number of hydrogen-bond acceptors (Lipinski definition) is 5. The summed E-state index contributed by atoms with van der Waals surface area (Å²) in [6.45, 7) is 5.87. The number of ether oxygens (including phenoxy) is 2. The Morgan fingerprint density at radius 2 is 1.84 bits per heavy atom. The summed E-state index contributed by atoms with van der Waals surface area (Å²) in [5.74, 6) is 3.11. The molecule has 2 aromatic rings. The van der Waals surface area contributed by atoms with Crippen molar-refractivity contribution >= 4 is 18.0 Å². The van der Waals surface area contributed by atoms with Crippen LogP contribution in [0.25, 0.3) is 0 Å². The Labute approximate surface area is 189 Å². The Hall–Kier alpha value is -3.79. The lowest BCUT2D eigenvalue weighted by molar-refractivity contribution is -0.130. The molecule has 0 unspecified atom stereocenters. The molecule has 0 saturated carbocycles. The molecule has 7 nitrogen and oxygen atoms in total. The molecule has 0 heterocycles. The Bertz CT molecular complexity index is 962. The van der Waals surface area contributed by atoms with Gasteiger partial charge in [0.25, 0.3) is 11.8 Å². The summed E-state index contributed by atoms with van der Waals surface area (Å²) in [6.07, 6.45) is 7.15. The minimum absolute atomic E-state index is 0.176. The fourth-order valence-electron chi connectivity index (χ4n) is 2.82. The molecule has 0 aromatic heterocycles. The summed E-state index contributed by atoms with van der Waals surface area (Å²) in [4.78, 5) is 24.9. The summed E-state index contributed by atoms with van der Waals surface area (Å²) in [5.41, 5.74) is 4.20. The molecule has 0 spiro atoms. The maximum absolute atomic E-state index is 12.6. The maximum atomic E-state index is 12.6. The third-order valence-corrected chi connectivity index (χ3v) is 4.40. The first-order chi connectivity index (χ1) is 15.4. The molecule has 0 aliphatic heterocycles. The summed E-state index contributed by atoms with van der Waals surface area (Å²) >= 11 is 0. The number of hydrogen-bond donors (Lipinski definition) is 2. The lowest BCUT2D eigenvalue weighted by Gasteiger charge is -2.19. The van der Waals surface area contributed by atoms with Gasteiger partial charge >= 0.3 is 0 Å². The molecule has 2 rings (SSSR count). The minimum Gasteiger partial charge on any atom is -0.484 e. The second-order valence-electron chi connectivity index (χ2n) is 7.60. The number of para-hydroxylation sites is 1. The Balaban J connectivity index is 1.89. The minimum atomic E-state index is -0.723. The molecule has 0 aliphatic rings. The molecule has 7 heteroatoms. The highest BCUT2D eigenvalue weighted by atomic mass is 16.5. The van der Waals surface area contributed by atoms with Gasteiger partial charge in [-0.1, -0.05) is 38.0 Å². The number of aryl methyl sites for hydroxylation is 1. The normalized spacial score (nSPS) is 11.6. The van der Waals surface area contributed by atoms with E-state index in [2.05, 4.69) is 21.8 Å². The topological polar surface area (TPSA) is 89.0 Å². The van der Waals surface area contributed by atoms with Gasteiger partial charge in [-0.15, -0.1) is 6.42 Å². The number of terminal acetylenes is 1. The van der Waals surface area contributed by atoms with Crippen molar-refractivity contribution in [1.29, 1.82) is 0 Å². The van der Waals surface area contributed by atoms with Gasteiger partial charge in [0.05, 0.1) is 6.21 Å². The van der Waals surface area contributed by atoms with E-state index >= 15 is 0 Å². The van der Waals surface area contributed by atoms with Gasteiger partial charge < -0.3 is 14.8 Å². The quantitative estimate of drug-likeness (QED) is 0.323. The lowest BCUT2D eigenvalue weighted by Crippen LogP contribution is -2.47. The molecular weight excluding hydrogens is 406 g/mol. The predicted octanol–water partition coefficient (Wildman–Crippen LogP) is 3.07. The van der Waals surface area contributed by atoms with E-state index in [1.807, 2.05) is 39.0 Å². The zero-order chi connectivity index (χ0) is 23.3. The van der Waals surface area contributed by atoms with Crippen molar-refractivity contribution in [3.05, 3.63) is 59.7 Å². The van der Waals surface area contributed by atoms with Gasteiger partial charge in [-0.05, 0) is 60.7 Å². The largest absolute Gasteiger partial charge is 0.484 e. The molecule has 2 amide bonds. The number of hydrazone groups is 1. The van der Waals surface area contributed by atoms with Crippen LogP contribution in [0.4, 0.5) is 0 Å². The molecule has 1 atom stereocenters. The number of nitrogens with one attached hydrogen (secondary N) is 2. The van der Waals surface area contributed by atoms with Crippen LogP contribution in [0.5, 0.6) is 11.5 Å². The fourth-order valence-corrected chi connectivity index (χ4v) is 2.82. The van der Waals surface area contributed by atoms with Crippen molar-refractivity contribution in [3.8, 4) is 23.8 Å². The van der Waals surface area contributed by atoms with Crippen molar-refractivity contribution in [2.24, 2.45) is 11.0 Å². The second kappa shape index (κ2) is 12.8. The molecule has 32 heavy (non-hydrogen) atoms. The zero-order valence-corrected chi connectivity index (χ0v) is 18.6. The Morgan fingerprint density at radius 1 is 1.12 bits per heavy atom. The predicted molar refractivity (Wildman–Crippen MR) is 125 cm³/mol. The van der Waals surface area contributed by atoms with Crippen LogP contribution in [-0.4, -0.2) is 37.3 Å². The Morgan fingerprint density at radius 3 is 2.50 bits per heavy atom. The third-order valence-electron chi connectivity index (χ3n) is 4.40. The van der Waals surface area contributed by atoms with Crippen LogP contribution >= 0.6 is 0 Å². The number of amides is 2. The second-order valence-corrected chi connectivity index (χ2v) is 7.60. The fraction of sp³-hybridized carbons (Fsp3) is 0.320. The summed E-state index contributed by atoms with van der Waals surface area (Å²) in [7, 11) is 0. The summed E-state index contributed by atoms with van der Waals surface area (Å²) in [5, 5.41) is 6.72. The van der Waals surface area contributed by atoms with E-state index < -0.39 is 11.9 Å². The highest BCUT2D eigenvalue weighted by Crippen LogP contribution is 2.16. The average Bonchev–Trinajstić information content (AvgIpc) is 2.77. The van der Waals surface area contributed by atoms with Crippen LogP contribution in [-0.2, 0) is 9.59 Å². The highest BCUT2D eigenvalue weighted by Gasteiger charge is 2.22. The first-order valence-corrected chi connectivity index (χ1v) is 10.4. The standard InChI is InChI=1S/C25H29N3O4/c1-5-14-31-21-12-10-20(11-13-21)16-26-28-25(30)22(15-18(2)3)27-24(29)17-32-23-9-7-6-8-19(23)4/h1,6-13,16,18,22H,14-15,17H2,2-4H3,(H,27,29)(H,28,30)/b26-16-/t22-/m1/s1. The van der Waals surface area contributed by atoms with E-state index in [0.717, 1.165) is 11.1 Å². The number of carbonyl (C=O) groups is 2. The Kier molecular flexibility index (Phi) is 9.79. The van der Waals surface area contributed by atoms with Gasteiger partial charge in [0.2, 0.25) is 0 Å². The van der Waals surface area contributed by atoms with Crippen molar-refractivity contribution in [3.63, 3.8) is 0 Å². The molecule has 0 bridgehead atoms. The van der Waals surface area contributed by atoms with Crippen molar-refractivity contribution < 1.29 is 19.1 Å². The van der Waals surface area contributed by atoms with Crippen LogP contribution in [0, 0.1) is 25.2 Å². The molecule has 0 aliphatic carbocycles. The third kappa shape index (κ3) is 8.52.